The first-order chi connectivity index (χ1) is 10.2. The van der Waals surface area contributed by atoms with Crippen LogP contribution in [0.15, 0.2) is 30.3 Å². The summed E-state index contributed by atoms with van der Waals surface area (Å²) < 4.78 is 5.52. The zero-order chi connectivity index (χ0) is 14.8. The minimum Gasteiger partial charge on any atom is -0.494 e. The van der Waals surface area contributed by atoms with Crippen LogP contribution in [0.5, 0.6) is 5.75 Å². The van der Waals surface area contributed by atoms with Gasteiger partial charge in [0.15, 0.2) is 11.6 Å². The molecule has 3 N–H and O–H groups in total. The highest BCUT2D eigenvalue weighted by Gasteiger charge is 2.11. The van der Waals surface area contributed by atoms with Crippen molar-refractivity contribution >= 4 is 27.4 Å². The van der Waals surface area contributed by atoms with Crippen molar-refractivity contribution in [2.45, 2.75) is 13.8 Å². The molecule has 0 saturated carbocycles. The summed E-state index contributed by atoms with van der Waals surface area (Å²) in [6.07, 6.45) is 0. The highest BCUT2D eigenvalue weighted by molar-refractivity contribution is 7.18. The number of nitrogens with two attached hydrogens (primary N) is 1. The van der Waals surface area contributed by atoms with E-state index in [4.69, 9.17) is 10.6 Å². The maximum Gasteiger partial charge on any atom is 0.163 e. The fourth-order valence-electron chi connectivity index (χ4n) is 2.17. The number of benzene rings is 1. The zero-order valence-corrected chi connectivity index (χ0v) is 12.7. The van der Waals surface area contributed by atoms with E-state index in [9.17, 15) is 0 Å². The van der Waals surface area contributed by atoms with E-state index in [0.717, 1.165) is 21.5 Å². The number of nitrogens with one attached hydrogen (secondary N) is 1. The van der Waals surface area contributed by atoms with E-state index in [-0.39, 0.29) is 0 Å². The normalized spacial score (nSPS) is 10.8. The topological polar surface area (TPSA) is 73.1 Å². The molecule has 0 aliphatic rings. The molecule has 0 fully saturated rings. The van der Waals surface area contributed by atoms with Crippen molar-refractivity contribution in [2.24, 2.45) is 5.84 Å². The lowest BCUT2D eigenvalue weighted by atomic mass is 10.2. The van der Waals surface area contributed by atoms with Gasteiger partial charge in [0.2, 0.25) is 0 Å². The summed E-state index contributed by atoms with van der Waals surface area (Å²) in [6, 6.07) is 9.79. The molecule has 0 amide bonds. The van der Waals surface area contributed by atoms with Crippen LogP contribution in [0.3, 0.4) is 0 Å². The largest absolute Gasteiger partial charge is 0.494 e. The fraction of sp³-hybridized carbons (Fsp3) is 0.200. The minimum absolute atomic E-state index is 0.628. The first kappa shape index (κ1) is 13.8. The fourth-order valence-corrected chi connectivity index (χ4v) is 3.05. The van der Waals surface area contributed by atoms with E-state index in [1.54, 1.807) is 11.3 Å². The van der Waals surface area contributed by atoms with Crippen molar-refractivity contribution in [3.05, 3.63) is 35.2 Å². The van der Waals surface area contributed by atoms with Crippen molar-refractivity contribution < 1.29 is 4.74 Å². The van der Waals surface area contributed by atoms with Gasteiger partial charge < -0.3 is 10.2 Å². The van der Waals surface area contributed by atoms with Gasteiger partial charge in [-0.1, -0.05) is 12.1 Å². The molecule has 5 nitrogen and oxygen atoms in total. The number of fused-ring (bicyclic) bond motifs is 1. The van der Waals surface area contributed by atoms with Gasteiger partial charge in [-0.05, 0) is 32.0 Å². The number of nitrogens with zero attached hydrogens (tertiary/aromatic N) is 2. The lowest BCUT2D eigenvalue weighted by Gasteiger charge is -2.07. The average Bonchev–Trinajstić information content (AvgIpc) is 2.87. The van der Waals surface area contributed by atoms with Crippen molar-refractivity contribution in [3.8, 4) is 17.1 Å². The van der Waals surface area contributed by atoms with E-state index in [1.807, 2.05) is 44.2 Å². The van der Waals surface area contributed by atoms with Crippen LogP contribution in [0.25, 0.3) is 21.6 Å². The Balaban J connectivity index is 2.13. The van der Waals surface area contributed by atoms with Gasteiger partial charge >= 0.3 is 0 Å². The van der Waals surface area contributed by atoms with Gasteiger partial charge in [0.1, 0.15) is 10.6 Å². The Morgan fingerprint density at radius 3 is 2.90 bits per heavy atom. The second-order valence-corrected chi connectivity index (χ2v) is 5.81. The molecule has 0 aliphatic heterocycles. The summed E-state index contributed by atoms with van der Waals surface area (Å²) in [6.45, 7) is 4.63. The molecule has 0 aliphatic carbocycles. The van der Waals surface area contributed by atoms with Crippen molar-refractivity contribution in [3.63, 3.8) is 0 Å². The SMILES string of the molecule is CCOc1cccc(-c2nc(NN)c3cc(C)sc3n2)c1. The van der Waals surface area contributed by atoms with E-state index in [2.05, 4.69) is 15.4 Å². The van der Waals surface area contributed by atoms with E-state index in [1.165, 1.54) is 4.88 Å². The number of hydrogen-bond donors (Lipinski definition) is 2. The molecule has 108 valence electrons. The summed E-state index contributed by atoms with van der Waals surface area (Å²) >= 11 is 1.63. The Bertz CT molecular complexity index is 784. The van der Waals surface area contributed by atoms with Crippen LogP contribution in [0.1, 0.15) is 11.8 Å². The molecule has 0 spiro atoms. The third-order valence-electron chi connectivity index (χ3n) is 3.06. The number of anilines is 1. The predicted molar refractivity (Wildman–Crippen MR) is 86.6 cm³/mol. The van der Waals surface area contributed by atoms with Gasteiger partial charge in [-0.15, -0.1) is 11.3 Å². The monoisotopic (exact) mass is 300 g/mol. The molecule has 0 atom stereocenters. The molecule has 1 aromatic carbocycles. The van der Waals surface area contributed by atoms with Crippen LogP contribution in [-0.4, -0.2) is 16.6 Å². The van der Waals surface area contributed by atoms with Gasteiger partial charge in [-0.25, -0.2) is 15.8 Å². The smallest absolute Gasteiger partial charge is 0.163 e. The second-order valence-electron chi connectivity index (χ2n) is 4.58. The average molecular weight is 300 g/mol. The number of thiophene rings is 1. The van der Waals surface area contributed by atoms with E-state index in [0.29, 0.717) is 18.2 Å². The first-order valence-corrected chi connectivity index (χ1v) is 7.51. The molecule has 6 heteroatoms. The van der Waals surface area contributed by atoms with E-state index < -0.39 is 0 Å². The number of aryl methyl sites for hydroxylation is 1. The number of aromatic nitrogens is 2. The number of ether oxygens (including phenoxy) is 1. The molecule has 0 unspecified atom stereocenters. The van der Waals surface area contributed by atoms with E-state index >= 15 is 0 Å². The Hall–Kier alpha value is -2.18. The van der Waals surface area contributed by atoms with Crippen LogP contribution in [0.2, 0.25) is 0 Å². The molecule has 2 aromatic heterocycles. The lowest BCUT2D eigenvalue weighted by molar-refractivity contribution is 0.340. The first-order valence-electron chi connectivity index (χ1n) is 6.69. The van der Waals surface area contributed by atoms with Gasteiger partial charge in [0.05, 0.1) is 12.0 Å². The van der Waals surface area contributed by atoms with Crippen LogP contribution >= 0.6 is 11.3 Å². The Kier molecular flexibility index (Phi) is 3.72. The zero-order valence-electron chi connectivity index (χ0n) is 11.9. The highest BCUT2D eigenvalue weighted by Crippen LogP contribution is 2.31. The molecule has 0 radical (unpaired) electrons. The quantitative estimate of drug-likeness (QED) is 0.571. The molecule has 0 saturated heterocycles. The van der Waals surface area contributed by atoms with Gasteiger partial charge in [-0.3, -0.25) is 0 Å². The molecule has 0 bridgehead atoms. The van der Waals surface area contributed by atoms with Gasteiger partial charge in [0, 0.05) is 10.4 Å². The van der Waals surface area contributed by atoms with Crippen molar-refractivity contribution in [2.75, 3.05) is 12.0 Å². The lowest BCUT2D eigenvalue weighted by Crippen LogP contribution is -2.09. The number of hydrazine groups is 1. The highest BCUT2D eigenvalue weighted by atomic mass is 32.1. The number of rotatable bonds is 4. The molecule has 2 heterocycles. The molecular formula is C15H16N4OS. The third kappa shape index (κ3) is 2.68. The number of nitrogen functional groups attached to an aromatic ring is 1. The summed E-state index contributed by atoms with van der Waals surface area (Å²) in [7, 11) is 0. The van der Waals surface area contributed by atoms with Crippen LogP contribution in [0, 0.1) is 6.92 Å². The molecule has 3 rings (SSSR count). The van der Waals surface area contributed by atoms with Crippen LogP contribution in [0.4, 0.5) is 5.82 Å². The molecule has 3 aromatic rings. The van der Waals surface area contributed by atoms with Crippen molar-refractivity contribution in [1.29, 1.82) is 0 Å². The number of hydrogen-bond acceptors (Lipinski definition) is 6. The minimum atomic E-state index is 0.628. The van der Waals surface area contributed by atoms with Crippen molar-refractivity contribution in [1.82, 2.24) is 9.97 Å². The summed E-state index contributed by atoms with van der Waals surface area (Å²) in [5.74, 6) is 7.68. The Morgan fingerprint density at radius 1 is 1.29 bits per heavy atom. The summed E-state index contributed by atoms with van der Waals surface area (Å²) in [5.41, 5.74) is 3.57. The van der Waals surface area contributed by atoms with Gasteiger partial charge in [0.25, 0.3) is 0 Å². The van der Waals surface area contributed by atoms with Crippen LogP contribution in [-0.2, 0) is 0 Å². The standard InChI is InChI=1S/C15H16N4OS/c1-3-20-11-6-4-5-10(8-11)13-17-14(19-16)12-7-9(2)21-15(12)18-13/h4-8H,3,16H2,1-2H3,(H,17,18,19). The van der Waals surface area contributed by atoms with Crippen LogP contribution < -0.4 is 16.0 Å². The maximum atomic E-state index is 5.59. The molecule has 21 heavy (non-hydrogen) atoms. The Morgan fingerprint density at radius 2 is 2.14 bits per heavy atom. The second kappa shape index (κ2) is 5.67. The molecular weight excluding hydrogens is 284 g/mol. The van der Waals surface area contributed by atoms with Gasteiger partial charge in [-0.2, -0.15) is 0 Å². The maximum absolute atomic E-state index is 5.59. The predicted octanol–water partition coefficient (Wildman–Crippen LogP) is 3.35. The summed E-state index contributed by atoms with van der Waals surface area (Å²) in [4.78, 5) is 11.2. The Labute approximate surface area is 126 Å². The summed E-state index contributed by atoms with van der Waals surface area (Å²) in [5, 5.41) is 0.949. The third-order valence-corrected chi connectivity index (χ3v) is 4.00.